The first-order valence-electron chi connectivity index (χ1n) is 9.57. The van der Waals surface area contributed by atoms with Gasteiger partial charge in [0.25, 0.3) is 0 Å². The molecule has 156 valence electrons. The van der Waals surface area contributed by atoms with Gasteiger partial charge in [-0.05, 0) is 60.5 Å². The molecule has 4 nitrogen and oxygen atoms in total. The van der Waals surface area contributed by atoms with Crippen LogP contribution in [0.3, 0.4) is 0 Å². The van der Waals surface area contributed by atoms with E-state index in [0.29, 0.717) is 21.8 Å². The highest BCUT2D eigenvalue weighted by Gasteiger charge is 2.09. The monoisotopic (exact) mass is 467 g/mol. The summed E-state index contributed by atoms with van der Waals surface area (Å²) in [7, 11) is 0. The highest BCUT2D eigenvalue weighted by atomic mass is 35.5. The van der Waals surface area contributed by atoms with E-state index in [4.69, 9.17) is 27.9 Å². The molecule has 0 spiro atoms. The highest BCUT2D eigenvalue weighted by molar-refractivity contribution is 7.14. The summed E-state index contributed by atoms with van der Waals surface area (Å²) in [5.41, 5.74) is 7.61. The Morgan fingerprint density at radius 3 is 2.55 bits per heavy atom. The van der Waals surface area contributed by atoms with Crippen LogP contribution in [0.4, 0.5) is 5.13 Å². The molecule has 31 heavy (non-hydrogen) atoms. The lowest BCUT2D eigenvalue weighted by Crippen LogP contribution is -2.00. The van der Waals surface area contributed by atoms with Gasteiger partial charge < -0.3 is 4.74 Å². The Balaban J connectivity index is 1.38. The maximum atomic E-state index is 6.27. The first-order valence-corrected chi connectivity index (χ1v) is 11.2. The molecule has 3 aromatic carbocycles. The molecule has 0 unspecified atom stereocenters. The number of aromatic nitrogens is 1. The highest BCUT2D eigenvalue weighted by Crippen LogP contribution is 2.32. The third-order valence-corrected chi connectivity index (χ3v) is 5.85. The number of ether oxygens (including phenoxy) is 1. The van der Waals surface area contributed by atoms with Crippen LogP contribution < -0.4 is 10.2 Å². The van der Waals surface area contributed by atoms with E-state index < -0.39 is 0 Å². The second-order valence-electron chi connectivity index (χ2n) is 6.77. The normalized spacial score (nSPS) is 11.4. The van der Waals surface area contributed by atoms with Crippen molar-refractivity contribution in [2.75, 3.05) is 5.43 Å². The van der Waals surface area contributed by atoms with Gasteiger partial charge in [-0.15, -0.1) is 11.3 Å². The first-order chi connectivity index (χ1) is 15.1. The average Bonchev–Trinajstić information content (AvgIpc) is 3.26. The lowest BCUT2D eigenvalue weighted by molar-refractivity contribution is 0.306. The van der Waals surface area contributed by atoms with Crippen molar-refractivity contribution in [2.24, 2.45) is 5.10 Å². The van der Waals surface area contributed by atoms with Gasteiger partial charge in [-0.1, -0.05) is 53.5 Å². The van der Waals surface area contributed by atoms with Gasteiger partial charge in [-0.2, -0.15) is 5.10 Å². The summed E-state index contributed by atoms with van der Waals surface area (Å²) < 4.78 is 5.83. The molecular weight excluding hydrogens is 449 g/mol. The van der Waals surface area contributed by atoms with E-state index >= 15 is 0 Å². The van der Waals surface area contributed by atoms with Gasteiger partial charge in [0, 0.05) is 16.0 Å². The molecule has 0 radical (unpaired) electrons. The number of thiazole rings is 1. The van der Waals surface area contributed by atoms with Crippen molar-refractivity contribution >= 4 is 45.4 Å². The van der Waals surface area contributed by atoms with Crippen LogP contribution in [0.5, 0.6) is 5.75 Å². The van der Waals surface area contributed by atoms with E-state index in [0.717, 1.165) is 33.8 Å². The zero-order valence-corrected chi connectivity index (χ0v) is 19.0. The van der Waals surface area contributed by atoms with Crippen molar-refractivity contribution in [2.45, 2.75) is 13.5 Å². The number of nitrogens with zero attached hydrogens (tertiary/aromatic N) is 2. The van der Waals surface area contributed by atoms with Crippen molar-refractivity contribution in [1.29, 1.82) is 0 Å². The number of anilines is 1. The molecule has 0 saturated carbocycles. The largest absolute Gasteiger partial charge is 0.489 e. The quantitative estimate of drug-likeness (QED) is 0.225. The van der Waals surface area contributed by atoms with Crippen LogP contribution in [0.1, 0.15) is 18.1 Å². The summed E-state index contributed by atoms with van der Waals surface area (Å²) in [6.07, 6.45) is 0. The zero-order chi connectivity index (χ0) is 21.6. The van der Waals surface area contributed by atoms with Gasteiger partial charge in [0.05, 0.1) is 16.4 Å². The minimum absolute atomic E-state index is 0.541. The van der Waals surface area contributed by atoms with Crippen LogP contribution in [-0.2, 0) is 6.61 Å². The van der Waals surface area contributed by atoms with Crippen LogP contribution in [0.25, 0.3) is 11.3 Å². The molecule has 0 aliphatic carbocycles. The molecule has 1 N–H and O–H groups in total. The topological polar surface area (TPSA) is 46.5 Å². The molecule has 0 amide bonds. The summed E-state index contributed by atoms with van der Waals surface area (Å²) in [5.74, 6) is 0.817. The third kappa shape index (κ3) is 5.64. The summed E-state index contributed by atoms with van der Waals surface area (Å²) >= 11 is 13.7. The predicted octanol–water partition coefficient (Wildman–Crippen LogP) is 7.53. The van der Waals surface area contributed by atoms with E-state index in [-0.39, 0.29) is 0 Å². The zero-order valence-electron chi connectivity index (χ0n) is 16.7. The SMILES string of the molecule is C/C(=N\Nc1nc(-c2ccc(Cl)cc2Cl)cs1)c1ccc(OCc2ccccc2)cc1. The van der Waals surface area contributed by atoms with Gasteiger partial charge in [0.1, 0.15) is 12.4 Å². The summed E-state index contributed by atoms with van der Waals surface area (Å²) in [5, 5.41) is 8.23. The lowest BCUT2D eigenvalue weighted by atomic mass is 10.1. The van der Waals surface area contributed by atoms with Crippen LogP contribution in [-0.4, -0.2) is 10.7 Å². The molecule has 4 aromatic rings. The van der Waals surface area contributed by atoms with Gasteiger partial charge in [-0.25, -0.2) is 4.98 Å². The van der Waals surface area contributed by atoms with Crippen molar-refractivity contribution in [3.8, 4) is 17.0 Å². The number of nitrogens with one attached hydrogen (secondary N) is 1. The van der Waals surface area contributed by atoms with Crippen LogP contribution in [0.15, 0.2) is 83.3 Å². The van der Waals surface area contributed by atoms with Crippen molar-refractivity contribution in [3.63, 3.8) is 0 Å². The number of benzene rings is 3. The van der Waals surface area contributed by atoms with E-state index in [1.807, 2.05) is 73.0 Å². The van der Waals surface area contributed by atoms with Crippen LogP contribution in [0, 0.1) is 0 Å². The molecule has 0 fully saturated rings. The van der Waals surface area contributed by atoms with Crippen molar-refractivity contribution in [1.82, 2.24) is 4.98 Å². The fourth-order valence-corrected chi connectivity index (χ4v) is 4.03. The predicted molar refractivity (Wildman–Crippen MR) is 131 cm³/mol. The minimum Gasteiger partial charge on any atom is -0.489 e. The molecule has 0 aliphatic rings. The average molecular weight is 468 g/mol. The van der Waals surface area contributed by atoms with Crippen LogP contribution >= 0.6 is 34.5 Å². The maximum Gasteiger partial charge on any atom is 0.203 e. The smallest absolute Gasteiger partial charge is 0.203 e. The summed E-state index contributed by atoms with van der Waals surface area (Å²) in [4.78, 5) is 4.56. The second kappa shape index (κ2) is 9.96. The first kappa shape index (κ1) is 21.4. The van der Waals surface area contributed by atoms with E-state index in [2.05, 4.69) is 15.5 Å². The van der Waals surface area contributed by atoms with Gasteiger partial charge >= 0.3 is 0 Å². The van der Waals surface area contributed by atoms with Gasteiger partial charge in [0.2, 0.25) is 5.13 Å². The number of halogens is 2. The van der Waals surface area contributed by atoms with Gasteiger partial charge in [0.15, 0.2) is 0 Å². The Hall–Kier alpha value is -2.86. The molecule has 1 heterocycles. The number of hydrogen-bond acceptors (Lipinski definition) is 5. The Bertz CT molecular complexity index is 1190. The number of hydrogen-bond donors (Lipinski definition) is 1. The summed E-state index contributed by atoms with van der Waals surface area (Å²) in [6, 6.07) is 23.3. The number of rotatable bonds is 7. The van der Waals surface area contributed by atoms with Crippen LogP contribution in [0.2, 0.25) is 10.0 Å². The lowest BCUT2D eigenvalue weighted by Gasteiger charge is -2.07. The van der Waals surface area contributed by atoms with Gasteiger partial charge in [-0.3, -0.25) is 5.43 Å². The minimum atomic E-state index is 0.541. The Kier molecular flexibility index (Phi) is 6.87. The van der Waals surface area contributed by atoms with Crippen molar-refractivity contribution in [3.05, 3.63) is 99.3 Å². The molecule has 0 bridgehead atoms. The molecule has 7 heteroatoms. The third-order valence-electron chi connectivity index (χ3n) is 4.55. The fourth-order valence-electron chi connectivity index (χ4n) is 2.88. The Morgan fingerprint density at radius 1 is 1.03 bits per heavy atom. The fraction of sp³-hybridized carbons (Fsp3) is 0.0833. The Labute approximate surface area is 195 Å². The molecular formula is C24H19Cl2N3OS. The molecule has 1 aromatic heterocycles. The molecule has 0 atom stereocenters. The number of hydrazone groups is 1. The van der Waals surface area contributed by atoms with Crippen molar-refractivity contribution < 1.29 is 4.74 Å². The second-order valence-corrected chi connectivity index (χ2v) is 8.47. The molecule has 4 rings (SSSR count). The van der Waals surface area contributed by atoms with E-state index in [1.54, 1.807) is 12.1 Å². The summed E-state index contributed by atoms with van der Waals surface area (Å²) in [6.45, 7) is 2.48. The standard InChI is InChI=1S/C24H19Cl2N3OS/c1-16(18-7-10-20(11-8-18)30-14-17-5-3-2-4-6-17)28-29-24-27-23(15-31-24)21-12-9-19(25)13-22(21)26/h2-13,15H,14H2,1H3,(H,27,29)/b28-16+. The molecule has 0 aliphatic heterocycles. The maximum absolute atomic E-state index is 6.27. The van der Waals surface area contributed by atoms with E-state index in [9.17, 15) is 0 Å². The molecule has 0 saturated heterocycles. The Morgan fingerprint density at radius 2 is 1.81 bits per heavy atom. The van der Waals surface area contributed by atoms with E-state index in [1.165, 1.54) is 11.3 Å².